The van der Waals surface area contributed by atoms with E-state index in [1.807, 2.05) is 4.90 Å². The third kappa shape index (κ3) is 5.01. The van der Waals surface area contributed by atoms with Crippen LogP contribution in [0.1, 0.15) is 30.4 Å². The first kappa shape index (κ1) is 15.8. The van der Waals surface area contributed by atoms with E-state index in [1.165, 1.54) is 11.1 Å². The van der Waals surface area contributed by atoms with Gasteiger partial charge in [-0.25, -0.2) is 0 Å². The molecule has 0 aromatic heterocycles. The van der Waals surface area contributed by atoms with Crippen molar-refractivity contribution < 1.29 is 4.79 Å². The Hall–Kier alpha value is -1.62. The molecule has 1 heterocycles. The molecule has 4 nitrogen and oxygen atoms in total. The van der Waals surface area contributed by atoms with Crippen molar-refractivity contribution in [3.63, 3.8) is 0 Å². The number of rotatable bonds is 5. The van der Waals surface area contributed by atoms with Crippen LogP contribution in [0.4, 0.5) is 5.69 Å². The summed E-state index contributed by atoms with van der Waals surface area (Å²) in [6, 6.07) is 6.28. The molecule has 0 aliphatic carbocycles. The van der Waals surface area contributed by atoms with E-state index in [9.17, 15) is 4.79 Å². The largest absolute Gasteiger partial charge is 0.362 e. The van der Waals surface area contributed by atoms with Crippen LogP contribution in [0.15, 0.2) is 18.2 Å². The standard InChI is InChI=1S/C16H23N3OS/c1-12-9-13(2)11-14(10-12)18-16(21)17-6-4-8-19-7-3-5-15(19)20/h9-11H,3-8H2,1-2H3,(H2,17,18,21). The van der Waals surface area contributed by atoms with Crippen LogP contribution in [0.25, 0.3) is 0 Å². The van der Waals surface area contributed by atoms with Gasteiger partial charge in [0, 0.05) is 31.7 Å². The average molecular weight is 305 g/mol. The van der Waals surface area contributed by atoms with Crippen LogP contribution in [0, 0.1) is 13.8 Å². The fourth-order valence-electron chi connectivity index (χ4n) is 2.63. The van der Waals surface area contributed by atoms with Crippen LogP contribution in [0.5, 0.6) is 0 Å². The molecule has 1 saturated heterocycles. The SMILES string of the molecule is Cc1cc(C)cc(NC(=S)NCCCN2CCCC2=O)c1. The van der Waals surface area contributed by atoms with Gasteiger partial charge in [0.25, 0.3) is 0 Å². The van der Waals surface area contributed by atoms with Crippen molar-refractivity contribution in [3.05, 3.63) is 29.3 Å². The zero-order chi connectivity index (χ0) is 15.2. The maximum absolute atomic E-state index is 11.5. The van der Waals surface area contributed by atoms with Crippen molar-refractivity contribution in [1.29, 1.82) is 0 Å². The molecule has 1 aliphatic heterocycles. The van der Waals surface area contributed by atoms with E-state index in [2.05, 4.69) is 42.7 Å². The summed E-state index contributed by atoms with van der Waals surface area (Å²) >= 11 is 5.29. The Morgan fingerprint density at radius 1 is 1.29 bits per heavy atom. The van der Waals surface area contributed by atoms with E-state index in [0.29, 0.717) is 11.5 Å². The van der Waals surface area contributed by atoms with Crippen molar-refractivity contribution in [1.82, 2.24) is 10.2 Å². The Balaban J connectivity index is 1.68. The average Bonchev–Trinajstić information content (AvgIpc) is 2.79. The lowest BCUT2D eigenvalue weighted by molar-refractivity contribution is -0.127. The smallest absolute Gasteiger partial charge is 0.222 e. The normalized spacial score (nSPS) is 14.4. The number of thiocarbonyl (C=S) groups is 1. The van der Waals surface area contributed by atoms with E-state index < -0.39 is 0 Å². The monoisotopic (exact) mass is 305 g/mol. The Labute approximate surface area is 131 Å². The predicted octanol–water partition coefficient (Wildman–Crippen LogP) is 2.60. The molecule has 114 valence electrons. The highest BCUT2D eigenvalue weighted by atomic mass is 32.1. The van der Waals surface area contributed by atoms with Gasteiger partial charge in [-0.15, -0.1) is 0 Å². The lowest BCUT2D eigenvalue weighted by Crippen LogP contribution is -2.32. The van der Waals surface area contributed by atoms with E-state index in [1.54, 1.807) is 0 Å². The molecule has 2 rings (SSSR count). The Kier molecular flexibility index (Phi) is 5.56. The highest BCUT2D eigenvalue weighted by Crippen LogP contribution is 2.13. The number of benzene rings is 1. The molecule has 1 amide bonds. The van der Waals surface area contributed by atoms with Gasteiger partial charge in [-0.3, -0.25) is 4.79 Å². The molecular weight excluding hydrogens is 282 g/mol. The lowest BCUT2D eigenvalue weighted by atomic mass is 10.1. The van der Waals surface area contributed by atoms with Gasteiger partial charge in [-0.2, -0.15) is 0 Å². The van der Waals surface area contributed by atoms with Gasteiger partial charge in [0.15, 0.2) is 5.11 Å². The third-order valence-electron chi connectivity index (χ3n) is 3.54. The fraction of sp³-hybridized carbons (Fsp3) is 0.500. The molecule has 1 aliphatic rings. The van der Waals surface area contributed by atoms with Crippen molar-refractivity contribution >= 4 is 28.9 Å². The second-order valence-electron chi connectivity index (χ2n) is 5.60. The molecular formula is C16H23N3OS. The summed E-state index contributed by atoms with van der Waals surface area (Å²) < 4.78 is 0. The van der Waals surface area contributed by atoms with E-state index in [-0.39, 0.29) is 5.91 Å². The molecule has 1 aromatic rings. The minimum Gasteiger partial charge on any atom is -0.362 e. The number of likely N-dealkylation sites (tertiary alicyclic amines) is 1. The Morgan fingerprint density at radius 2 is 2.00 bits per heavy atom. The summed E-state index contributed by atoms with van der Waals surface area (Å²) in [6.45, 7) is 6.64. The van der Waals surface area contributed by atoms with Crippen LogP contribution in [-0.2, 0) is 4.79 Å². The first-order valence-corrected chi connectivity index (χ1v) is 7.86. The summed E-state index contributed by atoms with van der Waals surface area (Å²) in [7, 11) is 0. The summed E-state index contributed by atoms with van der Waals surface area (Å²) in [4.78, 5) is 13.4. The zero-order valence-corrected chi connectivity index (χ0v) is 13.6. The first-order chi connectivity index (χ1) is 10.0. The van der Waals surface area contributed by atoms with Crippen LogP contribution in [0.3, 0.4) is 0 Å². The quantitative estimate of drug-likeness (QED) is 0.648. The second kappa shape index (κ2) is 7.41. The highest BCUT2D eigenvalue weighted by molar-refractivity contribution is 7.80. The number of nitrogens with zero attached hydrogens (tertiary/aromatic N) is 1. The maximum Gasteiger partial charge on any atom is 0.222 e. The maximum atomic E-state index is 11.5. The Bertz CT molecular complexity index is 510. The van der Waals surface area contributed by atoms with Crippen molar-refractivity contribution in [3.8, 4) is 0 Å². The van der Waals surface area contributed by atoms with Crippen molar-refractivity contribution in [2.45, 2.75) is 33.1 Å². The molecule has 21 heavy (non-hydrogen) atoms. The van der Waals surface area contributed by atoms with Gasteiger partial charge >= 0.3 is 0 Å². The third-order valence-corrected chi connectivity index (χ3v) is 3.79. The van der Waals surface area contributed by atoms with Gasteiger partial charge < -0.3 is 15.5 Å². The van der Waals surface area contributed by atoms with Crippen molar-refractivity contribution in [2.24, 2.45) is 0 Å². The second-order valence-corrected chi connectivity index (χ2v) is 6.00. The topological polar surface area (TPSA) is 44.4 Å². The van der Waals surface area contributed by atoms with Crippen molar-refractivity contribution in [2.75, 3.05) is 25.0 Å². The molecule has 1 fully saturated rings. The summed E-state index contributed by atoms with van der Waals surface area (Å²) in [5.41, 5.74) is 3.44. The predicted molar refractivity (Wildman–Crippen MR) is 90.6 cm³/mol. The Morgan fingerprint density at radius 3 is 2.62 bits per heavy atom. The fourth-order valence-corrected chi connectivity index (χ4v) is 2.85. The molecule has 0 radical (unpaired) electrons. The minimum absolute atomic E-state index is 0.283. The zero-order valence-electron chi connectivity index (χ0n) is 12.7. The highest BCUT2D eigenvalue weighted by Gasteiger charge is 2.18. The van der Waals surface area contributed by atoms with E-state index in [0.717, 1.165) is 38.2 Å². The number of hydrogen-bond acceptors (Lipinski definition) is 2. The number of carbonyl (C=O) groups is 1. The first-order valence-electron chi connectivity index (χ1n) is 7.45. The molecule has 0 saturated carbocycles. The lowest BCUT2D eigenvalue weighted by Gasteiger charge is -2.16. The molecule has 2 N–H and O–H groups in total. The number of nitrogens with one attached hydrogen (secondary N) is 2. The number of carbonyl (C=O) groups excluding carboxylic acids is 1. The molecule has 5 heteroatoms. The van der Waals surface area contributed by atoms with Crippen LogP contribution < -0.4 is 10.6 Å². The van der Waals surface area contributed by atoms with Gasteiger partial charge in [0.05, 0.1) is 0 Å². The number of amides is 1. The van der Waals surface area contributed by atoms with Gasteiger partial charge in [-0.05, 0) is 62.2 Å². The van der Waals surface area contributed by atoms with E-state index >= 15 is 0 Å². The molecule has 0 atom stereocenters. The summed E-state index contributed by atoms with van der Waals surface area (Å²) in [5.74, 6) is 0.283. The van der Waals surface area contributed by atoms with Crippen LogP contribution >= 0.6 is 12.2 Å². The molecule has 0 unspecified atom stereocenters. The number of anilines is 1. The summed E-state index contributed by atoms with van der Waals surface area (Å²) in [5, 5.41) is 7.02. The minimum atomic E-state index is 0.283. The van der Waals surface area contributed by atoms with Gasteiger partial charge in [0.1, 0.15) is 0 Å². The van der Waals surface area contributed by atoms with Gasteiger partial charge in [0.2, 0.25) is 5.91 Å². The van der Waals surface area contributed by atoms with Crippen LogP contribution in [-0.4, -0.2) is 35.6 Å². The van der Waals surface area contributed by atoms with E-state index in [4.69, 9.17) is 12.2 Å². The summed E-state index contributed by atoms with van der Waals surface area (Å²) in [6.07, 6.45) is 2.62. The molecule has 1 aromatic carbocycles. The number of hydrogen-bond donors (Lipinski definition) is 2. The van der Waals surface area contributed by atoms with Gasteiger partial charge in [-0.1, -0.05) is 6.07 Å². The molecule has 0 bridgehead atoms. The van der Waals surface area contributed by atoms with Crippen LogP contribution in [0.2, 0.25) is 0 Å². The number of aryl methyl sites for hydroxylation is 2. The molecule has 0 spiro atoms.